The Hall–Kier alpha value is -1.40. The monoisotopic (exact) mass is 522 g/mol. The Bertz CT molecular complexity index is 574. The molecule has 1 unspecified atom stereocenters. The van der Waals surface area contributed by atoms with Gasteiger partial charge in [-0.05, 0) is 77.5 Å². The number of rotatable bonds is 24. The summed E-state index contributed by atoms with van der Waals surface area (Å²) in [7, 11) is 0. The smallest absolute Gasteiger partial charge is 0.323 e. The first-order valence-electron chi connectivity index (χ1n) is 15.6. The third-order valence-electron chi connectivity index (χ3n) is 7.30. The Labute approximate surface area is 228 Å². The lowest BCUT2D eigenvalue weighted by atomic mass is 10.1. The van der Waals surface area contributed by atoms with E-state index < -0.39 is 18.0 Å². The van der Waals surface area contributed by atoms with Gasteiger partial charge in [-0.25, -0.2) is 0 Å². The van der Waals surface area contributed by atoms with Gasteiger partial charge in [-0.3, -0.25) is 9.59 Å². The molecule has 1 aliphatic heterocycles. The summed E-state index contributed by atoms with van der Waals surface area (Å²) in [5.41, 5.74) is 0. The van der Waals surface area contributed by atoms with E-state index in [1.807, 2.05) is 0 Å². The summed E-state index contributed by atoms with van der Waals surface area (Å²) in [5, 5.41) is 12.3. The van der Waals surface area contributed by atoms with Gasteiger partial charge < -0.3 is 20.1 Å². The van der Waals surface area contributed by atoms with Crippen molar-refractivity contribution < 1.29 is 19.4 Å². The molecule has 0 spiro atoms. The second kappa shape index (κ2) is 24.9. The third kappa shape index (κ3) is 21.2. The molecule has 0 bridgehead atoms. The van der Waals surface area contributed by atoms with Gasteiger partial charge in [0.25, 0.3) is 0 Å². The molecule has 0 aliphatic carbocycles. The van der Waals surface area contributed by atoms with Crippen LogP contribution in [0, 0.1) is 0 Å². The average Bonchev–Trinajstić information content (AvgIpc) is 3.16. The van der Waals surface area contributed by atoms with E-state index in [-0.39, 0.29) is 6.42 Å². The molecule has 6 heteroatoms. The summed E-state index contributed by atoms with van der Waals surface area (Å²) in [5.74, 6) is -1.40. The van der Waals surface area contributed by atoms with E-state index in [0.717, 1.165) is 45.3 Å². The Morgan fingerprint density at radius 1 is 0.811 bits per heavy atom. The number of ether oxygens (including phenoxy) is 1. The quantitative estimate of drug-likeness (QED) is 0.0788. The largest absolute Gasteiger partial charge is 0.481 e. The number of likely N-dealkylation sites (tertiary alicyclic amines) is 1. The molecule has 0 aromatic rings. The first-order valence-corrected chi connectivity index (χ1v) is 15.6. The molecule has 0 amide bonds. The molecule has 6 nitrogen and oxygen atoms in total. The molecule has 0 saturated carbocycles. The summed E-state index contributed by atoms with van der Waals surface area (Å²) in [6, 6.07) is -0.754. The molecule has 0 aromatic carbocycles. The molecule has 0 radical (unpaired) electrons. The highest BCUT2D eigenvalue weighted by molar-refractivity contribution is 5.81. The number of hydrogen-bond acceptors (Lipinski definition) is 5. The van der Waals surface area contributed by atoms with Crippen molar-refractivity contribution in [3.63, 3.8) is 0 Å². The Morgan fingerprint density at radius 2 is 1.38 bits per heavy atom. The Morgan fingerprint density at radius 3 is 1.97 bits per heavy atom. The zero-order valence-corrected chi connectivity index (χ0v) is 24.0. The molecule has 1 saturated heterocycles. The van der Waals surface area contributed by atoms with E-state index in [1.165, 1.54) is 96.3 Å². The van der Waals surface area contributed by atoms with Crippen LogP contribution in [0.15, 0.2) is 12.2 Å². The molecular formula is C31H58N2O4. The lowest BCUT2D eigenvalue weighted by Crippen LogP contribution is -2.41. The van der Waals surface area contributed by atoms with E-state index in [0.29, 0.717) is 13.2 Å². The van der Waals surface area contributed by atoms with Crippen molar-refractivity contribution in [1.82, 2.24) is 10.2 Å². The van der Waals surface area contributed by atoms with Crippen LogP contribution in [0.4, 0.5) is 0 Å². The fourth-order valence-corrected chi connectivity index (χ4v) is 4.98. The van der Waals surface area contributed by atoms with Gasteiger partial charge in [-0.2, -0.15) is 0 Å². The van der Waals surface area contributed by atoms with Crippen LogP contribution in [0.25, 0.3) is 0 Å². The van der Waals surface area contributed by atoms with Gasteiger partial charge in [0.05, 0.1) is 13.0 Å². The third-order valence-corrected chi connectivity index (χ3v) is 7.30. The summed E-state index contributed by atoms with van der Waals surface area (Å²) >= 11 is 0. The molecule has 1 heterocycles. The molecule has 2 N–H and O–H groups in total. The fraction of sp³-hybridized carbons (Fsp3) is 0.871. The molecule has 1 aliphatic rings. The lowest BCUT2D eigenvalue weighted by molar-refractivity contribution is -0.150. The standard InChI is InChI=1S/C31H58N2O4/c1-2-3-4-5-6-7-8-9-10-11-12-13-14-15-18-21-27-37-31(36)29(28-30(34)35)32-23-22-26-33-24-19-16-17-20-25-33/h9-10,29,32H,2-8,11-28H2,1H3,(H,34,35)/b10-9-. The lowest BCUT2D eigenvalue weighted by Gasteiger charge is -2.21. The maximum absolute atomic E-state index is 12.4. The Kier molecular flexibility index (Phi) is 22.6. The summed E-state index contributed by atoms with van der Waals surface area (Å²) in [4.78, 5) is 26.1. The second-order valence-corrected chi connectivity index (χ2v) is 10.8. The van der Waals surface area contributed by atoms with Crippen molar-refractivity contribution in [3.8, 4) is 0 Å². The summed E-state index contributed by atoms with van der Waals surface area (Å²) in [6.07, 6.45) is 27.9. The maximum Gasteiger partial charge on any atom is 0.323 e. The van der Waals surface area contributed by atoms with Crippen LogP contribution in [0.5, 0.6) is 0 Å². The number of nitrogens with zero attached hydrogens (tertiary/aromatic N) is 1. The van der Waals surface area contributed by atoms with Crippen LogP contribution >= 0.6 is 0 Å². The molecule has 216 valence electrons. The van der Waals surface area contributed by atoms with Gasteiger partial charge >= 0.3 is 11.9 Å². The number of unbranched alkanes of at least 4 members (excludes halogenated alkanes) is 12. The normalized spacial score (nSPS) is 15.6. The van der Waals surface area contributed by atoms with E-state index in [4.69, 9.17) is 4.74 Å². The number of carboxylic acids is 1. The van der Waals surface area contributed by atoms with Crippen LogP contribution in [-0.4, -0.2) is 60.8 Å². The predicted molar refractivity (Wildman–Crippen MR) is 154 cm³/mol. The number of allylic oxidation sites excluding steroid dienone is 2. The number of aliphatic carboxylic acids is 1. The van der Waals surface area contributed by atoms with Crippen molar-refractivity contribution >= 4 is 11.9 Å². The highest BCUT2D eigenvalue weighted by atomic mass is 16.5. The fourth-order valence-electron chi connectivity index (χ4n) is 4.98. The maximum atomic E-state index is 12.4. The van der Waals surface area contributed by atoms with Crippen LogP contribution < -0.4 is 5.32 Å². The van der Waals surface area contributed by atoms with E-state index in [1.54, 1.807) is 0 Å². The first kappa shape index (κ1) is 33.6. The van der Waals surface area contributed by atoms with E-state index >= 15 is 0 Å². The van der Waals surface area contributed by atoms with Crippen molar-refractivity contribution in [1.29, 1.82) is 0 Å². The van der Waals surface area contributed by atoms with Gasteiger partial charge in [-0.15, -0.1) is 0 Å². The van der Waals surface area contributed by atoms with Gasteiger partial charge in [0, 0.05) is 0 Å². The first-order chi connectivity index (χ1) is 18.1. The zero-order chi connectivity index (χ0) is 26.8. The van der Waals surface area contributed by atoms with Crippen LogP contribution in [0.1, 0.15) is 135 Å². The SMILES string of the molecule is CCCCCCCC/C=C\CCCCCCCCOC(=O)C(CC(=O)O)NCCCN1CCCCCC1. The minimum atomic E-state index is -0.973. The van der Waals surface area contributed by atoms with Gasteiger partial charge in [0.2, 0.25) is 0 Å². The van der Waals surface area contributed by atoms with E-state index in [9.17, 15) is 14.7 Å². The van der Waals surface area contributed by atoms with Crippen LogP contribution in [0.3, 0.4) is 0 Å². The summed E-state index contributed by atoms with van der Waals surface area (Å²) in [6.45, 7) is 6.58. The Balaban J connectivity index is 1.99. The van der Waals surface area contributed by atoms with Crippen molar-refractivity contribution in [2.45, 2.75) is 141 Å². The van der Waals surface area contributed by atoms with Crippen molar-refractivity contribution in [3.05, 3.63) is 12.2 Å². The molecule has 0 aromatic heterocycles. The molecule has 1 fully saturated rings. The van der Waals surface area contributed by atoms with Gasteiger partial charge in [-0.1, -0.05) is 89.7 Å². The summed E-state index contributed by atoms with van der Waals surface area (Å²) < 4.78 is 5.40. The number of hydrogen-bond donors (Lipinski definition) is 2. The number of carboxylic acid groups (broad SMARTS) is 1. The number of nitrogens with one attached hydrogen (secondary N) is 1. The highest BCUT2D eigenvalue weighted by Gasteiger charge is 2.22. The topological polar surface area (TPSA) is 78.9 Å². The van der Waals surface area contributed by atoms with E-state index in [2.05, 4.69) is 29.3 Å². The van der Waals surface area contributed by atoms with Crippen LogP contribution in [0.2, 0.25) is 0 Å². The van der Waals surface area contributed by atoms with Gasteiger partial charge in [0.1, 0.15) is 6.04 Å². The molecular weight excluding hydrogens is 464 g/mol. The highest BCUT2D eigenvalue weighted by Crippen LogP contribution is 2.11. The number of carbonyl (C=O) groups is 2. The number of carbonyl (C=O) groups excluding carboxylic acids is 1. The minimum absolute atomic E-state index is 0.226. The molecule has 1 rings (SSSR count). The predicted octanol–water partition coefficient (Wildman–Crippen LogP) is 7.27. The molecule has 1 atom stereocenters. The van der Waals surface area contributed by atoms with Crippen molar-refractivity contribution in [2.24, 2.45) is 0 Å². The number of esters is 1. The average molecular weight is 523 g/mol. The van der Waals surface area contributed by atoms with Crippen molar-refractivity contribution in [2.75, 3.05) is 32.8 Å². The minimum Gasteiger partial charge on any atom is -0.481 e. The molecule has 37 heavy (non-hydrogen) atoms. The zero-order valence-electron chi connectivity index (χ0n) is 24.0. The van der Waals surface area contributed by atoms with Gasteiger partial charge in [0.15, 0.2) is 0 Å². The van der Waals surface area contributed by atoms with Crippen LogP contribution in [-0.2, 0) is 14.3 Å². The second-order valence-electron chi connectivity index (χ2n) is 10.8.